The number of piperazine rings is 1. The summed E-state index contributed by atoms with van der Waals surface area (Å²) in [6.45, 7) is 1.69. The largest absolute Gasteiger partial charge is 0.309 e. The van der Waals surface area contributed by atoms with E-state index >= 15 is 0 Å². The molecule has 28 heavy (non-hydrogen) atoms. The summed E-state index contributed by atoms with van der Waals surface area (Å²) in [6.07, 6.45) is 0.716. The minimum Gasteiger partial charge on any atom is -0.309 e. The minimum absolute atomic E-state index is 0.00889. The fraction of sp³-hybridized carbons (Fsp3) is 0.381. The van der Waals surface area contributed by atoms with Gasteiger partial charge in [-0.15, -0.1) is 0 Å². The summed E-state index contributed by atoms with van der Waals surface area (Å²) in [6, 6.07) is 18.9. The maximum Gasteiger partial charge on any atom is 0.241 e. The molecule has 4 rings (SSSR count). The number of nitrogens with zero attached hydrogens (tertiary/aromatic N) is 3. The lowest BCUT2D eigenvalue weighted by Gasteiger charge is -2.46. The van der Waals surface area contributed by atoms with Crippen LogP contribution in [0.5, 0.6) is 0 Å². The zero-order valence-corrected chi connectivity index (χ0v) is 16.8. The van der Waals surface area contributed by atoms with Gasteiger partial charge in [0, 0.05) is 25.3 Å². The summed E-state index contributed by atoms with van der Waals surface area (Å²) in [5.74, 6) is 0.0551. The smallest absolute Gasteiger partial charge is 0.241 e. The fourth-order valence-electron chi connectivity index (χ4n) is 4.18. The molecule has 2 heterocycles. The molecule has 7 heteroatoms. The van der Waals surface area contributed by atoms with Gasteiger partial charge in [-0.05, 0) is 31.2 Å². The molecule has 2 aliphatic rings. The van der Waals surface area contributed by atoms with E-state index in [1.807, 2.05) is 72.6 Å². The Morgan fingerprint density at radius 1 is 0.964 bits per heavy atom. The van der Waals surface area contributed by atoms with Crippen LogP contribution in [0.15, 0.2) is 60.7 Å². The fourth-order valence-corrected chi connectivity index (χ4v) is 5.78. The second kappa shape index (κ2) is 7.31. The van der Waals surface area contributed by atoms with Crippen LogP contribution in [0.25, 0.3) is 0 Å². The Labute approximate surface area is 166 Å². The van der Waals surface area contributed by atoms with Crippen LogP contribution >= 0.6 is 0 Å². The van der Waals surface area contributed by atoms with E-state index < -0.39 is 10.0 Å². The average molecular weight is 400 g/mol. The number of amides is 1. The van der Waals surface area contributed by atoms with E-state index in [0.717, 1.165) is 11.3 Å². The van der Waals surface area contributed by atoms with Gasteiger partial charge >= 0.3 is 0 Å². The van der Waals surface area contributed by atoms with Gasteiger partial charge in [-0.3, -0.25) is 9.69 Å². The number of hydrogen-bond acceptors (Lipinski definition) is 4. The Hall–Kier alpha value is -2.22. The van der Waals surface area contributed by atoms with Gasteiger partial charge in [0.15, 0.2) is 0 Å². The first-order valence-electron chi connectivity index (χ1n) is 9.48. The summed E-state index contributed by atoms with van der Waals surface area (Å²) >= 11 is 0. The third-order valence-corrected chi connectivity index (χ3v) is 7.68. The summed E-state index contributed by atoms with van der Waals surface area (Å²) in [5.41, 5.74) is 1.31. The first kappa shape index (κ1) is 19.1. The van der Waals surface area contributed by atoms with Crippen molar-refractivity contribution in [3.8, 4) is 0 Å². The Bertz CT molecular complexity index is 949. The van der Waals surface area contributed by atoms with Crippen molar-refractivity contribution < 1.29 is 13.2 Å². The first-order valence-corrected chi connectivity index (χ1v) is 11.1. The lowest BCUT2D eigenvalue weighted by molar-refractivity contribution is -0.123. The summed E-state index contributed by atoms with van der Waals surface area (Å²) < 4.78 is 27.5. The molecular weight excluding hydrogens is 374 g/mol. The molecule has 2 aliphatic heterocycles. The van der Waals surface area contributed by atoms with Gasteiger partial charge in [0.1, 0.15) is 0 Å². The van der Waals surface area contributed by atoms with E-state index in [2.05, 4.69) is 0 Å². The van der Waals surface area contributed by atoms with Crippen LogP contribution in [-0.2, 0) is 20.6 Å². The minimum atomic E-state index is -3.40. The number of hydrogen-bond donors (Lipinski definition) is 0. The van der Waals surface area contributed by atoms with Gasteiger partial charge in [0.25, 0.3) is 0 Å². The lowest BCUT2D eigenvalue weighted by atomic mass is 9.92. The van der Waals surface area contributed by atoms with Crippen molar-refractivity contribution in [3.05, 3.63) is 66.2 Å². The van der Waals surface area contributed by atoms with Gasteiger partial charge in [0.2, 0.25) is 15.9 Å². The molecule has 1 amide bonds. The Morgan fingerprint density at radius 2 is 1.61 bits per heavy atom. The van der Waals surface area contributed by atoms with E-state index in [4.69, 9.17) is 0 Å². The number of likely N-dealkylation sites (N-methyl/N-ethyl adjacent to an activating group) is 1. The quantitative estimate of drug-likeness (QED) is 0.788. The number of carbonyl (C=O) groups is 1. The van der Waals surface area contributed by atoms with Gasteiger partial charge in [-0.25, -0.2) is 8.42 Å². The first-order chi connectivity index (χ1) is 13.4. The highest BCUT2D eigenvalue weighted by atomic mass is 32.2. The van der Waals surface area contributed by atoms with Crippen molar-refractivity contribution in [1.82, 2.24) is 9.21 Å². The number of para-hydroxylation sites is 1. The molecule has 0 bridgehead atoms. The Kier molecular flexibility index (Phi) is 4.99. The summed E-state index contributed by atoms with van der Waals surface area (Å²) in [7, 11) is -1.48. The van der Waals surface area contributed by atoms with Crippen molar-refractivity contribution >= 4 is 21.6 Å². The molecule has 2 saturated heterocycles. The number of carbonyl (C=O) groups excluding carboxylic acids is 1. The molecule has 6 nitrogen and oxygen atoms in total. The molecule has 0 unspecified atom stereocenters. The zero-order valence-electron chi connectivity index (χ0n) is 16.0. The maximum absolute atomic E-state index is 13.0. The number of rotatable bonds is 4. The molecule has 0 radical (unpaired) electrons. The topological polar surface area (TPSA) is 60.9 Å². The van der Waals surface area contributed by atoms with Crippen molar-refractivity contribution in [2.45, 2.75) is 17.7 Å². The van der Waals surface area contributed by atoms with Crippen molar-refractivity contribution in [2.24, 2.45) is 0 Å². The molecule has 0 N–H and O–H groups in total. The second-order valence-corrected chi connectivity index (χ2v) is 9.69. The molecule has 2 aromatic rings. The molecule has 0 aromatic heterocycles. The van der Waals surface area contributed by atoms with E-state index in [1.54, 1.807) is 9.21 Å². The van der Waals surface area contributed by atoms with Crippen molar-refractivity contribution in [3.63, 3.8) is 0 Å². The van der Waals surface area contributed by atoms with E-state index in [-0.39, 0.29) is 17.2 Å². The average Bonchev–Trinajstić information content (AvgIpc) is 3.12. The lowest BCUT2D eigenvalue weighted by Crippen LogP contribution is -2.64. The van der Waals surface area contributed by atoms with E-state index in [0.29, 0.717) is 32.6 Å². The summed E-state index contributed by atoms with van der Waals surface area (Å²) in [5, 5.41) is 0. The molecule has 0 saturated carbocycles. The van der Waals surface area contributed by atoms with Crippen molar-refractivity contribution in [2.75, 3.05) is 38.1 Å². The summed E-state index contributed by atoms with van der Waals surface area (Å²) in [4.78, 5) is 16.5. The van der Waals surface area contributed by atoms with E-state index in [9.17, 15) is 13.2 Å². The molecular formula is C21H25N3O3S. The van der Waals surface area contributed by atoms with E-state index in [1.165, 1.54) is 0 Å². The highest BCUT2D eigenvalue weighted by Gasteiger charge is 2.50. The van der Waals surface area contributed by atoms with Gasteiger partial charge in [-0.2, -0.15) is 4.31 Å². The molecule has 1 spiro atoms. The molecule has 2 fully saturated rings. The predicted octanol–water partition coefficient (Wildman–Crippen LogP) is 1.94. The highest BCUT2D eigenvalue weighted by molar-refractivity contribution is 7.88. The highest BCUT2D eigenvalue weighted by Crippen LogP contribution is 2.35. The molecule has 1 atom stereocenters. The Morgan fingerprint density at radius 3 is 2.29 bits per heavy atom. The van der Waals surface area contributed by atoms with Crippen LogP contribution in [-0.4, -0.2) is 62.3 Å². The number of sulfonamides is 1. The maximum atomic E-state index is 13.0. The van der Waals surface area contributed by atoms with Crippen molar-refractivity contribution in [1.29, 1.82) is 0 Å². The van der Waals surface area contributed by atoms with Crippen LogP contribution in [0.1, 0.15) is 12.0 Å². The zero-order chi connectivity index (χ0) is 19.8. The molecule has 2 aromatic carbocycles. The van der Waals surface area contributed by atoms with Gasteiger partial charge in [0.05, 0.1) is 17.8 Å². The second-order valence-electron chi connectivity index (χ2n) is 7.72. The monoisotopic (exact) mass is 399 g/mol. The van der Waals surface area contributed by atoms with Crippen LogP contribution in [0.3, 0.4) is 0 Å². The normalized spacial score (nSPS) is 24.2. The number of anilines is 1. The van der Waals surface area contributed by atoms with Gasteiger partial charge in [-0.1, -0.05) is 48.5 Å². The predicted molar refractivity (Wildman–Crippen MR) is 109 cm³/mol. The standard InChI is InChI=1S/C21H25N3O3S/c1-22-14-20(25)24(19-10-6-3-7-11-19)17-21(22)12-13-23(16-21)28(26,27)15-18-8-4-2-5-9-18/h2-11H,12-17H2,1H3/t21-/m0/s1. The van der Waals surface area contributed by atoms with Crippen LogP contribution in [0, 0.1) is 0 Å². The molecule has 148 valence electrons. The third-order valence-electron chi connectivity index (χ3n) is 5.89. The molecule has 0 aliphatic carbocycles. The van der Waals surface area contributed by atoms with Crippen LogP contribution in [0.2, 0.25) is 0 Å². The number of benzene rings is 2. The van der Waals surface area contributed by atoms with Gasteiger partial charge < -0.3 is 4.90 Å². The SMILES string of the molecule is CN1CC(=O)N(c2ccccc2)C[C@@]12CCN(S(=O)(=O)Cc1ccccc1)C2. The van der Waals surface area contributed by atoms with Crippen LogP contribution in [0.4, 0.5) is 5.69 Å². The third kappa shape index (κ3) is 3.57. The van der Waals surface area contributed by atoms with Crippen LogP contribution < -0.4 is 4.90 Å². The Balaban J connectivity index is 1.54.